The first-order chi connectivity index (χ1) is 37.7. The van der Waals surface area contributed by atoms with Crippen molar-refractivity contribution in [3.8, 4) is 0 Å². The largest absolute Gasteiger partial charge is 0.394 e. The fourth-order valence-corrected chi connectivity index (χ4v) is 9.99. The highest BCUT2D eigenvalue weighted by Crippen LogP contribution is 2.37. The second kappa shape index (κ2) is 29.1. The summed E-state index contributed by atoms with van der Waals surface area (Å²) in [6.07, 6.45) is -50.8. The Morgan fingerprint density at radius 2 is 0.696 bits per heavy atom. The van der Waals surface area contributed by atoms with Gasteiger partial charge in [0.25, 0.3) is 0 Å². The number of aliphatic hydroxyl groups excluding tert-OH is 19. The zero-order chi connectivity index (χ0) is 57.6. The first-order valence-corrected chi connectivity index (χ1v) is 26.0. The lowest BCUT2D eigenvalue weighted by molar-refractivity contribution is -0.396. The predicted octanol–water partition coefficient (Wildman–Crippen LogP) is -12.1. The number of hydrogen-bond donors (Lipinski definition) is 19. The third-order valence-electron chi connectivity index (χ3n) is 14.6. The van der Waals surface area contributed by atoms with E-state index in [0.717, 1.165) is 25.0 Å². The lowest BCUT2D eigenvalue weighted by atomic mass is 9.95. The molecule has 1 aromatic rings. The molecule has 6 fully saturated rings. The van der Waals surface area contributed by atoms with Crippen LogP contribution in [0.3, 0.4) is 0 Å². The van der Waals surface area contributed by atoms with E-state index in [0.29, 0.717) is 13.0 Å². The molecule has 1 aromatic heterocycles. The maximum atomic E-state index is 11.3. The summed E-state index contributed by atoms with van der Waals surface area (Å²) in [6, 6.07) is 0. The minimum absolute atomic E-state index is 0.0298. The van der Waals surface area contributed by atoms with Crippen LogP contribution in [0.4, 0.5) is 0 Å². The van der Waals surface area contributed by atoms with E-state index in [-0.39, 0.29) is 6.61 Å². The highest BCUT2D eigenvalue weighted by atomic mass is 16.8. The highest BCUT2D eigenvalue weighted by molar-refractivity contribution is 5.00. The van der Waals surface area contributed by atoms with Crippen LogP contribution in [-0.4, -0.2) is 343 Å². The fourth-order valence-electron chi connectivity index (χ4n) is 9.99. The maximum absolute atomic E-state index is 11.3. The van der Waals surface area contributed by atoms with Gasteiger partial charge >= 0.3 is 0 Å². The molecule has 0 saturated carbocycles. The number of aryl methyl sites for hydroxylation is 2. The van der Waals surface area contributed by atoms with Gasteiger partial charge in [-0.2, -0.15) is 0 Å². The quantitative estimate of drug-likeness (QED) is 0.0427. The second-order valence-corrected chi connectivity index (χ2v) is 20.0. The summed E-state index contributed by atoms with van der Waals surface area (Å²) in [5, 5.41) is 211. The average molecular weight is 1160 g/mol. The van der Waals surface area contributed by atoms with E-state index in [9.17, 15) is 97.0 Å². The molecule has 12 unspecified atom stereocenters. The monoisotopic (exact) mass is 1160 g/mol. The van der Waals surface area contributed by atoms with Crippen molar-refractivity contribution in [2.75, 3.05) is 46.2 Å². The van der Waals surface area contributed by atoms with Crippen LogP contribution in [0.1, 0.15) is 31.9 Å². The Labute approximate surface area is 449 Å². The SMILES string of the molecule is CCCCc1cn(CCCO[C@@H]2OC(CO)[C@@H](O[C@H]3OC(CO)[C@@H](O[C@H]4OC(CO)[C@@H](O[C@H]5OC(CO)[C@@H](O[C@H]6OC(CO)[C@@H](O[C@H]7OC(CO)[C@@H](O)[C@H](O)C7O)[C@H](O)C6O)[C@H](O)C5O)[C@H](O)C4O)[C@H](O)C3O)[C@H](O)C2O)nn1. The van der Waals surface area contributed by atoms with Crippen molar-refractivity contribution >= 4 is 0 Å². The van der Waals surface area contributed by atoms with Gasteiger partial charge in [0, 0.05) is 12.7 Å². The van der Waals surface area contributed by atoms with E-state index >= 15 is 0 Å². The van der Waals surface area contributed by atoms with E-state index in [1.165, 1.54) is 0 Å². The molecule has 0 radical (unpaired) electrons. The summed E-state index contributed by atoms with van der Waals surface area (Å²) in [5.74, 6) is 0. The molecule has 7 heterocycles. The van der Waals surface area contributed by atoms with Gasteiger partial charge in [-0.3, -0.25) is 4.68 Å². The number of unbranched alkanes of at least 4 members (excludes halogenated alkanes) is 1. The lowest BCUT2D eigenvalue weighted by Crippen LogP contribution is -2.68. The zero-order valence-corrected chi connectivity index (χ0v) is 42.6. The number of aliphatic hydroxyl groups is 19. The van der Waals surface area contributed by atoms with Crippen LogP contribution in [0, 0.1) is 0 Å². The average Bonchev–Trinajstić information content (AvgIpc) is 3.93. The molecule has 34 heteroatoms. The number of ether oxygens (including phenoxy) is 12. The number of hydrogen-bond acceptors (Lipinski definition) is 33. The molecule has 34 nitrogen and oxygen atoms in total. The second-order valence-electron chi connectivity index (χ2n) is 20.0. The van der Waals surface area contributed by atoms with Crippen LogP contribution in [0.2, 0.25) is 0 Å². The van der Waals surface area contributed by atoms with Crippen molar-refractivity contribution in [1.29, 1.82) is 0 Å². The Kier molecular flexibility index (Phi) is 23.8. The molecule has 7 rings (SSSR count). The van der Waals surface area contributed by atoms with Crippen LogP contribution < -0.4 is 0 Å². The van der Waals surface area contributed by atoms with E-state index in [2.05, 4.69) is 17.2 Å². The van der Waals surface area contributed by atoms with Crippen LogP contribution in [0.25, 0.3) is 0 Å². The van der Waals surface area contributed by atoms with E-state index in [1.54, 1.807) is 4.68 Å². The highest BCUT2D eigenvalue weighted by Gasteiger charge is 2.57. The van der Waals surface area contributed by atoms with Crippen LogP contribution in [0.5, 0.6) is 0 Å². The molecule has 6 aliphatic rings. The van der Waals surface area contributed by atoms with Crippen molar-refractivity contribution in [3.05, 3.63) is 11.9 Å². The minimum Gasteiger partial charge on any atom is -0.394 e. The third-order valence-corrected chi connectivity index (χ3v) is 14.6. The third kappa shape index (κ3) is 14.4. The minimum atomic E-state index is -2.18. The summed E-state index contributed by atoms with van der Waals surface area (Å²) >= 11 is 0. The Morgan fingerprint density at radius 3 is 1.03 bits per heavy atom. The lowest BCUT2D eigenvalue weighted by Gasteiger charge is -2.50. The Morgan fingerprint density at radius 1 is 0.392 bits per heavy atom. The maximum Gasteiger partial charge on any atom is 0.187 e. The van der Waals surface area contributed by atoms with E-state index < -0.39 is 224 Å². The van der Waals surface area contributed by atoms with Crippen LogP contribution in [0.15, 0.2) is 6.20 Å². The number of nitrogens with zero attached hydrogens (tertiary/aromatic N) is 3. The van der Waals surface area contributed by atoms with Crippen molar-refractivity contribution in [3.63, 3.8) is 0 Å². The molecule has 458 valence electrons. The topological polar surface area (TPSA) is 526 Å². The summed E-state index contributed by atoms with van der Waals surface area (Å²) in [4.78, 5) is 0. The van der Waals surface area contributed by atoms with Crippen LogP contribution >= 0.6 is 0 Å². The molecule has 79 heavy (non-hydrogen) atoms. The van der Waals surface area contributed by atoms with Gasteiger partial charge in [0.1, 0.15) is 146 Å². The van der Waals surface area contributed by atoms with Gasteiger partial charge in [-0.1, -0.05) is 18.6 Å². The molecule has 6 aliphatic heterocycles. The molecule has 6 saturated heterocycles. The summed E-state index contributed by atoms with van der Waals surface area (Å²) in [5.41, 5.74) is 0.839. The first-order valence-electron chi connectivity index (χ1n) is 26.0. The molecular formula is C45H77N3O31. The Balaban J connectivity index is 0.917. The zero-order valence-electron chi connectivity index (χ0n) is 42.6. The van der Waals surface area contributed by atoms with Gasteiger partial charge in [0.2, 0.25) is 0 Å². The molecule has 0 spiro atoms. The standard InChI is InChI=1S/C45H77N3O31/c1-2-3-5-15-8-48(47-46-15)6-4-7-68-40-30(63)24(57)35(17(10-50)70-40)76-42-32(65)26(59)37(19(12-52)72-42)78-44-34(67)28(61)39(21(14-54)74-44)79-45-33(66)27(60)38(20(13-53)73-45)77-43-31(64)25(58)36(18(11-51)71-43)75-41-29(62)23(56)22(55)16(9-49)69-41/h8,16-45,49-67H,2-7,9-14H2,1H3/t16?,17?,18?,19?,20?,21?,22-,23+,24-,25-,26-,27-,28-,29?,30?,31?,32?,33?,34?,35-,36-,37-,38-,39-,40-,41-,42-,43-,44-,45-/m1/s1. The summed E-state index contributed by atoms with van der Waals surface area (Å²) in [7, 11) is 0. The number of aromatic nitrogens is 3. The van der Waals surface area contributed by atoms with E-state index in [4.69, 9.17) is 56.8 Å². The molecule has 0 amide bonds. The summed E-state index contributed by atoms with van der Waals surface area (Å²) in [6.45, 7) is -3.10. The van der Waals surface area contributed by atoms with Gasteiger partial charge in [0.15, 0.2) is 37.7 Å². The van der Waals surface area contributed by atoms with Gasteiger partial charge in [-0.05, 0) is 19.3 Å². The molecule has 0 bridgehead atoms. The van der Waals surface area contributed by atoms with Crippen molar-refractivity contribution in [2.24, 2.45) is 0 Å². The molecule has 0 aromatic carbocycles. The van der Waals surface area contributed by atoms with Gasteiger partial charge in [0.05, 0.1) is 51.9 Å². The van der Waals surface area contributed by atoms with Gasteiger partial charge < -0.3 is 154 Å². The van der Waals surface area contributed by atoms with Crippen molar-refractivity contribution < 1.29 is 154 Å². The fraction of sp³-hybridized carbons (Fsp3) is 0.956. The van der Waals surface area contributed by atoms with E-state index in [1.807, 2.05) is 6.20 Å². The predicted molar refractivity (Wildman–Crippen MR) is 246 cm³/mol. The Hall–Kier alpha value is -2.10. The molecule has 30 atom stereocenters. The van der Waals surface area contributed by atoms with Gasteiger partial charge in [-0.15, -0.1) is 5.10 Å². The van der Waals surface area contributed by atoms with Crippen molar-refractivity contribution in [1.82, 2.24) is 15.0 Å². The van der Waals surface area contributed by atoms with Crippen LogP contribution in [-0.2, 0) is 69.8 Å². The smallest absolute Gasteiger partial charge is 0.187 e. The normalized spacial score (nSPS) is 47.1. The molecule has 19 N–H and O–H groups in total. The molecular weight excluding hydrogens is 1080 g/mol. The first kappa shape index (κ1) is 64.5. The van der Waals surface area contributed by atoms with Crippen molar-refractivity contribution in [2.45, 2.75) is 223 Å². The molecule has 0 aliphatic carbocycles. The van der Waals surface area contributed by atoms with Gasteiger partial charge in [-0.25, -0.2) is 0 Å². The Bertz CT molecular complexity index is 1950. The summed E-state index contributed by atoms with van der Waals surface area (Å²) < 4.78 is 69.3. The number of rotatable bonds is 24.